The Bertz CT molecular complexity index is 1840. The number of aryl methyl sites for hydroxylation is 1. The van der Waals surface area contributed by atoms with E-state index in [1.54, 1.807) is 7.11 Å². The van der Waals surface area contributed by atoms with Gasteiger partial charge in [0, 0.05) is 67.7 Å². The molecule has 8 rings (SSSR count). The normalized spacial score (nSPS) is 23.8. The number of fused-ring (bicyclic) bond motifs is 2. The zero-order valence-electron chi connectivity index (χ0n) is 27.5. The van der Waals surface area contributed by atoms with Gasteiger partial charge in [0.2, 0.25) is 5.91 Å². The number of amides is 2. The van der Waals surface area contributed by atoms with Crippen LogP contribution < -0.4 is 10.5 Å². The summed E-state index contributed by atoms with van der Waals surface area (Å²) in [5.74, 6) is 1.82. The molecule has 5 heterocycles. The molecule has 0 bridgehead atoms. The molecule has 0 radical (unpaired) electrons. The molecule has 2 aliphatic heterocycles. The van der Waals surface area contributed by atoms with Crippen molar-refractivity contribution in [3.63, 3.8) is 0 Å². The van der Waals surface area contributed by atoms with Crippen molar-refractivity contribution in [2.45, 2.75) is 82.9 Å². The molecule has 2 saturated heterocycles. The predicted octanol–water partition coefficient (Wildman–Crippen LogP) is 4.72. The highest BCUT2D eigenvalue weighted by molar-refractivity contribution is 5.96. The topological polar surface area (TPSA) is 118 Å². The van der Waals surface area contributed by atoms with Crippen molar-refractivity contribution in [3.05, 3.63) is 53.2 Å². The van der Waals surface area contributed by atoms with E-state index in [4.69, 9.17) is 15.6 Å². The molecule has 2 aliphatic carbocycles. The van der Waals surface area contributed by atoms with Crippen molar-refractivity contribution in [1.29, 1.82) is 0 Å². The summed E-state index contributed by atoms with van der Waals surface area (Å²) >= 11 is 0. The molecular formula is C37H46N6O4. The van der Waals surface area contributed by atoms with Crippen LogP contribution in [-0.4, -0.2) is 86.3 Å². The summed E-state index contributed by atoms with van der Waals surface area (Å²) in [6.45, 7) is 5.76. The smallest absolute Gasteiger partial charge is 0.255 e. The van der Waals surface area contributed by atoms with Gasteiger partial charge >= 0.3 is 0 Å². The average Bonchev–Trinajstić information content (AvgIpc) is 3.72. The molecule has 1 aromatic carbocycles. The number of pyridine rings is 1. The summed E-state index contributed by atoms with van der Waals surface area (Å²) in [5.41, 5.74) is 13.1. The quantitative estimate of drug-likeness (QED) is 0.303. The Labute approximate surface area is 275 Å². The van der Waals surface area contributed by atoms with Gasteiger partial charge in [0.25, 0.3) is 5.91 Å². The van der Waals surface area contributed by atoms with Crippen molar-refractivity contribution < 1.29 is 19.4 Å². The van der Waals surface area contributed by atoms with Gasteiger partial charge in [-0.2, -0.15) is 5.10 Å². The van der Waals surface area contributed by atoms with Crippen LogP contribution >= 0.6 is 0 Å². The molecule has 1 atom stereocenters. The molecule has 3 N–H and O–H groups in total. The summed E-state index contributed by atoms with van der Waals surface area (Å²) in [5, 5.41) is 16.2. The molecule has 4 fully saturated rings. The number of carbonyl (C=O) groups is 2. The fraction of sp³-hybridized carbons (Fsp3) is 0.541. The first-order valence-corrected chi connectivity index (χ1v) is 17.5. The highest BCUT2D eigenvalue weighted by Gasteiger charge is 2.38. The number of nitrogens with zero attached hydrogens (tertiary/aromatic N) is 5. The number of methoxy groups -OCH3 is 1. The molecule has 10 nitrogen and oxygen atoms in total. The van der Waals surface area contributed by atoms with Crippen molar-refractivity contribution >= 4 is 28.2 Å². The Morgan fingerprint density at radius 2 is 1.79 bits per heavy atom. The number of ether oxygens (including phenoxy) is 1. The number of hydrogen-bond acceptors (Lipinski definition) is 6. The number of aliphatic hydroxyl groups excluding tert-OH is 1. The largest absolute Gasteiger partial charge is 0.494 e. The van der Waals surface area contributed by atoms with E-state index in [0.717, 1.165) is 80.6 Å². The van der Waals surface area contributed by atoms with Crippen LogP contribution in [0.1, 0.15) is 78.8 Å². The predicted molar refractivity (Wildman–Crippen MR) is 181 cm³/mol. The maximum atomic E-state index is 13.6. The van der Waals surface area contributed by atoms with Crippen LogP contribution in [0.15, 0.2) is 36.5 Å². The molecule has 10 heteroatoms. The Hall–Kier alpha value is -3.89. The van der Waals surface area contributed by atoms with Crippen LogP contribution in [0, 0.1) is 18.8 Å². The van der Waals surface area contributed by atoms with Crippen LogP contribution in [0.4, 0.5) is 0 Å². The lowest BCUT2D eigenvalue weighted by Crippen LogP contribution is -2.51. The number of aromatic nitrogens is 3. The molecule has 3 aromatic heterocycles. The van der Waals surface area contributed by atoms with Crippen molar-refractivity contribution in [1.82, 2.24) is 24.0 Å². The lowest BCUT2D eigenvalue weighted by molar-refractivity contribution is -0.141. The number of carbonyl (C=O) groups excluding carboxylic acids is 2. The van der Waals surface area contributed by atoms with Crippen LogP contribution in [0.25, 0.3) is 27.8 Å². The van der Waals surface area contributed by atoms with E-state index in [0.29, 0.717) is 30.3 Å². The number of piperidine rings is 1. The van der Waals surface area contributed by atoms with E-state index in [9.17, 15) is 14.7 Å². The summed E-state index contributed by atoms with van der Waals surface area (Å²) in [6, 6.07) is 10.7. The van der Waals surface area contributed by atoms with E-state index in [2.05, 4.69) is 35.8 Å². The third-order valence-electron chi connectivity index (χ3n) is 11.2. The Morgan fingerprint density at radius 1 is 1.00 bits per heavy atom. The second kappa shape index (κ2) is 12.0. The van der Waals surface area contributed by atoms with Crippen LogP contribution in [0.3, 0.4) is 0 Å². The first kappa shape index (κ1) is 30.4. The number of benzene rings is 1. The zero-order valence-corrected chi connectivity index (χ0v) is 27.5. The van der Waals surface area contributed by atoms with Gasteiger partial charge < -0.3 is 29.9 Å². The van der Waals surface area contributed by atoms with E-state index < -0.39 is 0 Å². The van der Waals surface area contributed by atoms with Crippen molar-refractivity contribution in [2.24, 2.45) is 17.6 Å². The second-order valence-corrected chi connectivity index (χ2v) is 14.5. The third kappa shape index (κ3) is 5.49. The number of rotatable bonds is 7. The second-order valence-electron chi connectivity index (χ2n) is 14.5. The summed E-state index contributed by atoms with van der Waals surface area (Å²) < 4.78 is 10.2. The lowest BCUT2D eigenvalue weighted by Gasteiger charge is -2.42. The summed E-state index contributed by atoms with van der Waals surface area (Å²) in [6.07, 6.45) is 8.91. The number of likely N-dealkylation sites (tertiary alicyclic amines) is 2. The maximum Gasteiger partial charge on any atom is 0.255 e. The molecular weight excluding hydrogens is 592 g/mol. The van der Waals surface area contributed by atoms with Gasteiger partial charge in [-0.15, -0.1) is 0 Å². The highest BCUT2D eigenvalue weighted by Crippen LogP contribution is 2.42. The highest BCUT2D eigenvalue weighted by atomic mass is 16.5. The molecule has 47 heavy (non-hydrogen) atoms. The monoisotopic (exact) mass is 638 g/mol. The van der Waals surface area contributed by atoms with E-state index >= 15 is 0 Å². The Kier molecular flexibility index (Phi) is 7.75. The van der Waals surface area contributed by atoms with Gasteiger partial charge in [0.1, 0.15) is 17.0 Å². The molecule has 0 spiro atoms. The van der Waals surface area contributed by atoms with Gasteiger partial charge in [-0.05, 0) is 81.9 Å². The van der Waals surface area contributed by atoms with Crippen molar-refractivity contribution in [2.75, 3.05) is 33.3 Å². The molecule has 2 amide bonds. The minimum Gasteiger partial charge on any atom is -0.494 e. The van der Waals surface area contributed by atoms with Crippen LogP contribution in [-0.2, 0) is 11.3 Å². The molecule has 0 unspecified atom stereocenters. The van der Waals surface area contributed by atoms with Gasteiger partial charge in [-0.1, -0.05) is 18.2 Å². The van der Waals surface area contributed by atoms with Crippen LogP contribution in [0.5, 0.6) is 5.75 Å². The maximum absolute atomic E-state index is 13.6. The number of nitrogens with two attached hydrogens (primary N) is 1. The Morgan fingerprint density at radius 3 is 2.51 bits per heavy atom. The van der Waals surface area contributed by atoms with Gasteiger partial charge in [0.15, 0.2) is 0 Å². The summed E-state index contributed by atoms with van der Waals surface area (Å²) in [4.78, 5) is 30.7. The van der Waals surface area contributed by atoms with Crippen molar-refractivity contribution in [3.8, 4) is 17.1 Å². The van der Waals surface area contributed by atoms with Gasteiger partial charge in [-0.25, -0.2) is 4.52 Å². The molecule has 4 aromatic rings. The third-order valence-corrected chi connectivity index (χ3v) is 11.2. The first-order valence-electron chi connectivity index (χ1n) is 17.5. The Balaban J connectivity index is 1.14. The fourth-order valence-electron chi connectivity index (χ4n) is 8.24. The SMILES string of the molecule is COc1cc(C(=O)N2CCC[C@@H](N)C2)cn2nc(-c3cc4cccc(C5CN(C(=O)[C@H]6CC[C@H](O)CC6)C5)c4n3CC3CC3)c(C)c12. The first-order chi connectivity index (χ1) is 22.8. The minimum absolute atomic E-state index is 0.00513. The summed E-state index contributed by atoms with van der Waals surface area (Å²) in [7, 11) is 1.65. The number of para-hydroxylation sites is 1. The number of hydrogen-bond donors (Lipinski definition) is 2. The fourth-order valence-corrected chi connectivity index (χ4v) is 8.24. The standard InChI is InChI=1S/C37H46N6O4/c1-22-33(39-43-20-26(16-32(47-2)34(22)43)37(46)40-14-4-6-28(38)21-40)31-15-25-5-3-7-30(35(25)42(31)17-23-8-9-23)27-18-41(19-27)36(45)24-10-12-29(44)13-11-24/h3,5,7,15-16,20,23-24,27-29,44H,4,6,8-14,17-19,21,38H2,1-2H3/t24-,28-,29-/m1/s1. The minimum atomic E-state index is -0.254. The molecule has 4 aliphatic rings. The molecule has 2 saturated carbocycles. The zero-order chi connectivity index (χ0) is 32.4. The average molecular weight is 639 g/mol. The van der Waals surface area contributed by atoms with E-state index in [1.165, 1.54) is 29.3 Å². The lowest BCUT2D eigenvalue weighted by atomic mass is 9.83. The van der Waals surface area contributed by atoms with E-state index in [1.807, 2.05) is 26.6 Å². The van der Waals surface area contributed by atoms with Gasteiger partial charge in [-0.3, -0.25) is 9.59 Å². The number of aliphatic hydroxyl groups is 1. The van der Waals surface area contributed by atoms with Crippen LogP contribution in [0.2, 0.25) is 0 Å². The molecule has 248 valence electrons. The van der Waals surface area contributed by atoms with E-state index in [-0.39, 0.29) is 35.8 Å². The van der Waals surface area contributed by atoms with Gasteiger partial charge in [0.05, 0.1) is 30.0 Å².